The van der Waals surface area contributed by atoms with Crippen molar-refractivity contribution in [1.29, 1.82) is 0 Å². The van der Waals surface area contributed by atoms with Crippen LogP contribution >= 0.6 is 11.6 Å². The fraction of sp³-hybridized carbons (Fsp3) is 0.375. The van der Waals surface area contributed by atoms with Crippen molar-refractivity contribution >= 4 is 17.5 Å². The Balaban J connectivity index is 1.78. The number of hydrogen-bond donors (Lipinski definition) is 0. The summed E-state index contributed by atoms with van der Waals surface area (Å²) in [4.78, 5) is 14.4. The lowest BCUT2D eigenvalue weighted by molar-refractivity contribution is -0.0764. The minimum atomic E-state index is -0.305. The molecule has 1 aromatic heterocycles. The molecule has 1 amide bonds. The number of carbonyl (C=O) groups excluding carboxylic acids is 1. The average Bonchev–Trinajstić information content (AvgIpc) is 2.96. The number of carbonyl (C=O) groups is 1. The Morgan fingerprint density at radius 3 is 2.73 bits per heavy atom. The molecule has 2 aromatic rings. The van der Waals surface area contributed by atoms with E-state index in [4.69, 9.17) is 16.3 Å². The maximum Gasteiger partial charge on any atom is 0.257 e. The van der Waals surface area contributed by atoms with E-state index in [1.54, 1.807) is 29.2 Å². The SMILES string of the molecule is CC1(C)CN(C(=O)c2cnn(-c3ccc(Cl)cc3)c2)CCO1. The second-order valence-corrected chi connectivity index (χ2v) is 6.42. The maximum absolute atomic E-state index is 12.6. The van der Waals surface area contributed by atoms with Crippen LogP contribution in [-0.2, 0) is 4.74 Å². The van der Waals surface area contributed by atoms with Gasteiger partial charge in [0.25, 0.3) is 5.91 Å². The van der Waals surface area contributed by atoms with Crippen molar-refractivity contribution in [3.8, 4) is 5.69 Å². The van der Waals surface area contributed by atoms with Gasteiger partial charge in [-0.15, -0.1) is 0 Å². The lowest BCUT2D eigenvalue weighted by Gasteiger charge is -2.37. The lowest BCUT2D eigenvalue weighted by Crippen LogP contribution is -2.50. The van der Waals surface area contributed by atoms with E-state index in [2.05, 4.69) is 5.10 Å². The van der Waals surface area contributed by atoms with E-state index in [9.17, 15) is 4.79 Å². The topological polar surface area (TPSA) is 47.4 Å². The average molecular weight is 320 g/mol. The first-order valence-corrected chi connectivity index (χ1v) is 7.56. The van der Waals surface area contributed by atoms with Crippen molar-refractivity contribution in [1.82, 2.24) is 14.7 Å². The van der Waals surface area contributed by atoms with Crippen LogP contribution in [0.2, 0.25) is 5.02 Å². The molecule has 0 bridgehead atoms. The van der Waals surface area contributed by atoms with Crippen LogP contribution < -0.4 is 0 Å². The first-order chi connectivity index (χ1) is 10.4. The molecular weight excluding hydrogens is 302 g/mol. The van der Waals surface area contributed by atoms with Crippen molar-refractivity contribution in [3.05, 3.63) is 47.2 Å². The number of benzene rings is 1. The molecule has 0 N–H and O–H groups in total. The summed E-state index contributed by atoms with van der Waals surface area (Å²) in [6, 6.07) is 7.32. The van der Waals surface area contributed by atoms with Gasteiger partial charge in [-0.25, -0.2) is 4.68 Å². The smallest absolute Gasteiger partial charge is 0.257 e. The molecular formula is C16H18ClN3O2. The minimum absolute atomic E-state index is 0.0170. The van der Waals surface area contributed by atoms with Crippen molar-refractivity contribution in [2.45, 2.75) is 19.4 Å². The van der Waals surface area contributed by atoms with Gasteiger partial charge in [0, 0.05) is 24.3 Å². The highest BCUT2D eigenvalue weighted by molar-refractivity contribution is 6.30. The predicted molar refractivity (Wildman–Crippen MR) is 84.5 cm³/mol. The molecule has 5 nitrogen and oxygen atoms in total. The van der Waals surface area contributed by atoms with E-state index in [0.29, 0.717) is 30.3 Å². The zero-order valence-corrected chi connectivity index (χ0v) is 13.4. The summed E-state index contributed by atoms with van der Waals surface area (Å²) in [5.41, 5.74) is 1.14. The van der Waals surface area contributed by atoms with Gasteiger partial charge in [0.15, 0.2) is 0 Å². The van der Waals surface area contributed by atoms with Crippen LogP contribution in [0.4, 0.5) is 0 Å². The molecule has 0 saturated carbocycles. The van der Waals surface area contributed by atoms with Gasteiger partial charge in [-0.1, -0.05) is 11.6 Å². The number of nitrogens with zero attached hydrogens (tertiary/aromatic N) is 3. The number of halogens is 1. The Kier molecular flexibility index (Phi) is 3.93. The second-order valence-electron chi connectivity index (χ2n) is 5.98. The van der Waals surface area contributed by atoms with Crippen LogP contribution in [-0.4, -0.2) is 45.9 Å². The highest BCUT2D eigenvalue weighted by Crippen LogP contribution is 2.19. The lowest BCUT2D eigenvalue weighted by atomic mass is 10.1. The molecule has 1 fully saturated rings. The molecule has 116 valence electrons. The first kappa shape index (κ1) is 15.1. The Bertz CT molecular complexity index is 679. The van der Waals surface area contributed by atoms with E-state index < -0.39 is 0 Å². The Morgan fingerprint density at radius 1 is 1.32 bits per heavy atom. The molecule has 1 saturated heterocycles. The third-order valence-electron chi connectivity index (χ3n) is 3.63. The standard InChI is InChI=1S/C16H18ClN3O2/c1-16(2)11-19(7-8-22-16)15(21)12-9-18-20(10-12)14-5-3-13(17)4-6-14/h3-6,9-10H,7-8,11H2,1-2H3. The van der Waals surface area contributed by atoms with E-state index in [0.717, 1.165) is 5.69 Å². The number of ether oxygens (including phenoxy) is 1. The zero-order valence-electron chi connectivity index (χ0n) is 12.6. The summed E-state index contributed by atoms with van der Waals surface area (Å²) in [7, 11) is 0. The van der Waals surface area contributed by atoms with E-state index >= 15 is 0 Å². The summed E-state index contributed by atoms with van der Waals surface area (Å²) in [6.07, 6.45) is 3.34. The largest absolute Gasteiger partial charge is 0.372 e. The molecule has 0 unspecified atom stereocenters. The molecule has 3 rings (SSSR count). The molecule has 0 atom stereocenters. The van der Waals surface area contributed by atoms with E-state index in [1.165, 1.54) is 0 Å². The second kappa shape index (κ2) is 5.74. The van der Waals surface area contributed by atoms with E-state index in [-0.39, 0.29) is 11.5 Å². The molecule has 1 aliphatic rings. The van der Waals surface area contributed by atoms with Crippen LogP contribution in [0.15, 0.2) is 36.7 Å². The van der Waals surface area contributed by atoms with Crippen LogP contribution in [0.25, 0.3) is 5.69 Å². The zero-order chi connectivity index (χ0) is 15.7. The van der Waals surface area contributed by atoms with E-state index in [1.807, 2.05) is 30.9 Å². The van der Waals surface area contributed by atoms with Crippen LogP contribution in [0.3, 0.4) is 0 Å². The molecule has 1 aromatic carbocycles. The fourth-order valence-electron chi connectivity index (χ4n) is 2.54. The highest BCUT2D eigenvalue weighted by atomic mass is 35.5. The van der Waals surface area contributed by atoms with Crippen molar-refractivity contribution in [2.24, 2.45) is 0 Å². The van der Waals surface area contributed by atoms with Crippen LogP contribution in [0, 0.1) is 0 Å². The van der Waals surface area contributed by atoms with Crippen LogP contribution in [0.1, 0.15) is 24.2 Å². The number of rotatable bonds is 2. The Morgan fingerprint density at radius 2 is 2.05 bits per heavy atom. The van der Waals surface area contributed by atoms with Gasteiger partial charge in [0.2, 0.25) is 0 Å². The van der Waals surface area contributed by atoms with Crippen molar-refractivity contribution in [2.75, 3.05) is 19.7 Å². The summed E-state index contributed by atoms with van der Waals surface area (Å²) in [5.74, 6) is -0.0170. The number of amides is 1. The molecule has 0 radical (unpaired) electrons. The third-order valence-corrected chi connectivity index (χ3v) is 3.89. The van der Waals surface area contributed by atoms with Crippen molar-refractivity contribution < 1.29 is 9.53 Å². The number of hydrogen-bond acceptors (Lipinski definition) is 3. The predicted octanol–water partition coefficient (Wildman–Crippen LogP) is 2.78. The van der Waals surface area contributed by atoms with Gasteiger partial charge >= 0.3 is 0 Å². The third kappa shape index (κ3) is 3.15. The number of morpholine rings is 1. The molecule has 6 heteroatoms. The summed E-state index contributed by atoms with van der Waals surface area (Å²) >= 11 is 5.88. The van der Waals surface area contributed by atoms with Gasteiger partial charge in [-0.05, 0) is 38.1 Å². The fourth-order valence-corrected chi connectivity index (χ4v) is 2.67. The van der Waals surface area contributed by atoms with Gasteiger partial charge in [-0.3, -0.25) is 4.79 Å². The minimum Gasteiger partial charge on any atom is -0.372 e. The Labute approximate surface area is 134 Å². The van der Waals surface area contributed by atoms with Gasteiger partial charge in [-0.2, -0.15) is 5.10 Å². The molecule has 0 spiro atoms. The molecule has 22 heavy (non-hydrogen) atoms. The van der Waals surface area contributed by atoms with Gasteiger partial charge in [0.05, 0.1) is 29.7 Å². The number of aromatic nitrogens is 2. The first-order valence-electron chi connectivity index (χ1n) is 7.18. The van der Waals surface area contributed by atoms with Gasteiger partial charge in [0.1, 0.15) is 0 Å². The quantitative estimate of drug-likeness (QED) is 0.855. The normalized spacial score (nSPS) is 17.5. The molecule has 2 heterocycles. The maximum atomic E-state index is 12.6. The molecule has 1 aliphatic heterocycles. The summed E-state index contributed by atoms with van der Waals surface area (Å²) in [6.45, 7) is 5.73. The van der Waals surface area contributed by atoms with Crippen molar-refractivity contribution in [3.63, 3.8) is 0 Å². The van der Waals surface area contributed by atoms with Gasteiger partial charge < -0.3 is 9.64 Å². The summed E-state index contributed by atoms with van der Waals surface area (Å²) < 4.78 is 7.32. The summed E-state index contributed by atoms with van der Waals surface area (Å²) in [5, 5.41) is 4.93. The Hall–Kier alpha value is -1.85. The monoisotopic (exact) mass is 319 g/mol. The van der Waals surface area contributed by atoms with Crippen LogP contribution in [0.5, 0.6) is 0 Å². The highest BCUT2D eigenvalue weighted by Gasteiger charge is 2.30. The molecule has 0 aliphatic carbocycles.